The second-order valence-corrected chi connectivity index (χ2v) is 1.37. The Bertz CT molecular complexity index is 135. The molecule has 0 atom stereocenters. The molecule has 0 aromatic heterocycles. The molecule has 0 aromatic rings. The average Bonchev–Trinajstić information content (AvgIpc) is 1.85. The number of carbonyl (C=O) groups is 2. The van der Waals surface area contributed by atoms with Crippen LogP contribution in [0.5, 0.6) is 0 Å². The monoisotopic (exact) mass is 148 g/mol. The molecule has 0 spiro atoms. The minimum atomic E-state index is -0.905. The van der Waals surface area contributed by atoms with Crippen LogP contribution in [-0.4, -0.2) is 23.9 Å². The van der Waals surface area contributed by atoms with Gasteiger partial charge in [-0.2, -0.15) is 0 Å². The Morgan fingerprint density at radius 1 is 1.50 bits per heavy atom. The van der Waals surface area contributed by atoms with Crippen molar-refractivity contribution in [2.45, 2.75) is 6.92 Å². The fourth-order valence-corrected chi connectivity index (χ4v) is 0.234. The quantitative estimate of drug-likeness (QED) is 0.319. The third-order valence-electron chi connectivity index (χ3n) is 0.536. The van der Waals surface area contributed by atoms with E-state index in [1.165, 1.54) is 6.92 Å². The maximum atomic E-state index is 10.2. The first-order valence-electron chi connectivity index (χ1n) is 2.47. The molecule has 3 N–H and O–H groups in total. The number of rotatable bonds is 1. The lowest BCUT2D eigenvalue weighted by atomic mass is 10.8. The van der Waals surface area contributed by atoms with E-state index in [4.69, 9.17) is 5.11 Å². The molecule has 2 amide bonds. The van der Waals surface area contributed by atoms with Gasteiger partial charge in [0.2, 0.25) is 5.91 Å². The van der Waals surface area contributed by atoms with E-state index < -0.39 is 18.8 Å². The van der Waals surface area contributed by atoms with Crippen molar-refractivity contribution in [2.24, 2.45) is 0 Å². The number of aliphatic hydroxyl groups is 1. The Morgan fingerprint density at radius 3 is 2.50 bits per heavy atom. The van der Waals surface area contributed by atoms with Crippen LogP contribution in [0.2, 0.25) is 0 Å². The van der Waals surface area contributed by atoms with E-state index in [0.29, 0.717) is 0 Å². The van der Waals surface area contributed by atoms with Crippen molar-refractivity contribution in [1.29, 1.82) is 0 Å². The Balaban J connectivity index is 3.30. The summed E-state index contributed by atoms with van der Waals surface area (Å²) >= 11 is 0. The van der Waals surface area contributed by atoms with Gasteiger partial charge in [0.25, 0.3) is 0 Å². The average molecular weight is 148 g/mol. The van der Waals surface area contributed by atoms with Crippen molar-refractivity contribution in [3.63, 3.8) is 0 Å². The summed E-state index contributed by atoms with van der Waals surface area (Å²) < 4.78 is 3.98. The first kappa shape index (κ1) is 8.70. The number of hydrogen-bond acceptors (Lipinski definition) is 4. The fourth-order valence-electron chi connectivity index (χ4n) is 0.234. The third kappa shape index (κ3) is 4.85. The molecule has 0 rings (SSSR count). The SMILES string of the molecule is CC(=O)NNC(=O)OCO. The van der Waals surface area contributed by atoms with Crippen LogP contribution in [0.1, 0.15) is 6.92 Å². The van der Waals surface area contributed by atoms with Crippen LogP contribution in [0.4, 0.5) is 4.79 Å². The van der Waals surface area contributed by atoms with E-state index >= 15 is 0 Å². The molecule has 6 heteroatoms. The van der Waals surface area contributed by atoms with Crippen LogP contribution in [0, 0.1) is 0 Å². The molecule has 0 heterocycles. The van der Waals surface area contributed by atoms with Gasteiger partial charge in [0.05, 0.1) is 0 Å². The number of hydrogen-bond donors (Lipinski definition) is 3. The smallest absolute Gasteiger partial charge is 0.421 e. The molecular formula is C4H8N2O4. The molecule has 0 bridgehead atoms. The Kier molecular flexibility index (Phi) is 3.97. The maximum absolute atomic E-state index is 10.2. The zero-order valence-corrected chi connectivity index (χ0v) is 5.38. The molecule has 6 nitrogen and oxygen atoms in total. The summed E-state index contributed by atoms with van der Waals surface area (Å²) in [5.74, 6) is -0.421. The van der Waals surface area contributed by atoms with Gasteiger partial charge in [0, 0.05) is 6.92 Å². The second-order valence-electron chi connectivity index (χ2n) is 1.37. The first-order valence-corrected chi connectivity index (χ1v) is 2.47. The summed E-state index contributed by atoms with van der Waals surface area (Å²) in [6.45, 7) is 0.505. The lowest BCUT2D eigenvalue weighted by Crippen LogP contribution is -2.40. The predicted molar refractivity (Wildman–Crippen MR) is 30.5 cm³/mol. The van der Waals surface area contributed by atoms with Crippen LogP contribution in [0.25, 0.3) is 0 Å². The standard InChI is InChI=1S/C4H8N2O4/c1-3(8)5-6-4(9)10-2-7/h7H,2H2,1H3,(H,5,8)(H,6,9). The van der Waals surface area contributed by atoms with Crippen LogP contribution < -0.4 is 10.9 Å². The molecule has 0 saturated carbocycles. The highest BCUT2D eigenvalue weighted by molar-refractivity contribution is 5.76. The third-order valence-corrected chi connectivity index (χ3v) is 0.536. The topological polar surface area (TPSA) is 87.7 Å². The van der Waals surface area contributed by atoms with Crippen LogP contribution in [0.15, 0.2) is 0 Å². The van der Waals surface area contributed by atoms with Crippen molar-refractivity contribution in [3.8, 4) is 0 Å². The Labute approximate surface area is 57.1 Å². The lowest BCUT2D eigenvalue weighted by molar-refractivity contribution is -0.119. The number of nitrogens with one attached hydrogen (secondary N) is 2. The van der Waals surface area contributed by atoms with E-state index in [1.54, 1.807) is 0 Å². The van der Waals surface area contributed by atoms with Gasteiger partial charge in [-0.05, 0) is 0 Å². The molecule has 0 radical (unpaired) electrons. The van der Waals surface area contributed by atoms with Crippen molar-refractivity contribution < 1.29 is 19.4 Å². The number of aliphatic hydroxyl groups excluding tert-OH is 1. The fraction of sp³-hybridized carbons (Fsp3) is 0.500. The molecule has 0 aliphatic carbocycles. The van der Waals surface area contributed by atoms with Gasteiger partial charge in [-0.3, -0.25) is 10.2 Å². The zero-order valence-electron chi connectivity index (χ0n) is 5.38. The van der Waals surface area contributed by atoms with Gasteiger partial charge in [-0.25, -0.2) is 10.2 Å². The maximum Gasteiger partial charge on any atom is 0.428 e. The van der Waals surface area contributed by atoms with E-state index in [-0.39, 0.29) is 0 Å². The summed E-state index contributed by atoms with van der Waals surface area (Å²) in [4.78, 5) is 20.3. The summed E-state index contributed by atoms with van der Waals surface area (Å²) in [6.07, 6.45) is -0.905. The second kappa shape index (κ2) is 4.57. The molecule has 0 unspecified atom stereocenters. The van der Waals surface area contributed by atoms with Crippen molar-refractivity contribution in [2.75, 3.05) is 6.79 Å². The normalized spacial score (nSPS) is 8.20. The minimum Gasteiger partial charge on any atom is -0.421 e. The molecule has 0 saturated heterocycles. The molecule has 0 aromatic carbocycles. The van der Waals surface area contributed by atoms with Crippen LogP contribution >= 0.6 is 0 Å². The largest absolute Gasteiger partial charge is 0.428 e. The minimum absolute atomic E-state index is 0.421. The van der Waals surface area contributed by atoms with Gasteiger partial charge >= 0.3 is 6.09 Å². The highest BCUT2D eigenvalue weighted by Crippen LogP contribution is 1.69. The lowest BCUT2D eigenvalue weighted by Gasteiger charge is -2.02. The van der Waals surface area contributed by atoms with E-state index in [0.717, 1.165) is 0 Å². The van der Waals surface area contributed by atoms with Gasteiger partial charge in [-0.15, -0.1) is 0 Å². The highest BCUT2D eigenvalue weighted by Gasteiger charge is 1.98. The van der Waals surface area contributed by atoms with Gasteiger partial charge in [0.1, 0.15) is 0 Å². The summed E-state index contributed by atoms with van der Waals surface area (Å²) in [5, 5.41) is 8.01. The Hall–Kier alpha value is -1.30. The molecule has 0 aliphatic heterocycles. The molecule has 0 fully saturated rings. The number of ether oxygens (including phenoxy) is 1. The molecule has 0 aliphatic rings. The summed E-state index contributed by atoms with van der Waals surface area (Å²) in [5.41, 5.74) is 3.82. The number of carbonyl (C=O) groups excluding carboxylic acids is 2. The van der Waals surface area contributed by atoms with Crippen molar-refractivity contribution >= 4 is 12.0 Å². The number of hydrazine groups is 1. The van der Waals surface area contributed by atoms with E-state index in [9.17, 15) is 9.59 Å². The number of amides is 2. The van der Waals surface area contributed by atoms with Gasteiger partial charge in [-0.1, -0.05) is 0 Å². The first-order chi connectivity index (χ1) is 4.66. The molecule has 10 heavy (non-hydrogen) atoms. The van der Waals surface area contributed by atoms with E-state index in [1.807, 2.05) is 10.9 Å². The van der Waals surface area contributed by atoms with Crippen LogP contribution in [0.3, 0.4) is 0 Å². The molecule has 58 valence electrons. The van der Waals surface area contributed by atoms with Crippen molar-refractivity contribution in [1.82, 2.24) is 10.9 Å². The van der Waals surface area contributed by atoms with Gasteiger partial charge in [0.15, 0.2) is 6.79 Å². The Morgan fingerprint density at radius 2 is 2.10 bits per heavy atom. The summed E-state index contributed by atoms with van der Waals surface area (Å²) in [7, 11) is 0. The highest BCUT2D eigenvalue weighted by atomic mass is 16.6. The van der Waals surface area contributed by atoms with Gasteiger partial charge < -0.3 is 9.84 Å². The predicted octanol–water partition coefficient (Wildman–Crippen LogP) is -1.29. The summed E-state index contributed by atoms with van der Waals surface area (Å²) in [6, 6.07) is 0. The zero-order chi connectivity index (χ0) is 7.98. The van der Waals surface area contributed by atoms with E-state index in [2.05, 4.69) is 4.74 Å². The van der Waals surface area contributed by atoms with Crippen LogP contribution in [-0.2, 0) is 9.53 Å². The molecular weight excluding hydrogens is 140 g/mol. The van der Waals surface area contributed by atoms with Crippen molar-refractivity contribution in [3.05, 3.63) is 0 Å².